The lowest BCUT2D eigenvalue weighted by molar-refractivity contribution is 0.164. The number of benzene rings is 2. The molecule has 3 N–H and O–H groups in total. The number of anilines is 1. The van der Waals surface area contributed by atoms with E-state index in [2.05, 4.69) is 10.6 Å². The van der Waals surface area contributed by atoms with Gasteiger partial charge in [0.2, 0.25) is 0 Å². The van der Waals surface area contributed by atoms with Crippen molar-refractivity contribution in [2.75, 3.05) is 11.9 Å². The van der Waals surface area contributed by atoms with Crippen LogP contribution in [-0.4, -0.2) is 17.7 Å². The SMILES string of the molecule is O=C(Nc1c(F)cccc1F)NC1(CO)CCc2ccccc21. The second kappa shape index (κ2) is 5.96. The third-order valence-corrected chi connectivity index (χ3v) is 4.18. The fourth-order valence-corrected chi connectivity index (χ4v) is 3.00. The van der Waals surface area contributed by atoms with Crippen molar-refractivity contribution in [2.24, 2.45) is 0 Å². The molecule has 1 unspecified atom stereocenters. The van der Waals surface area contributed by atoms with Gasteiger partial charge in [0.1, 0.15) is 17.3 Å². The van der Waals surface area contributed by atoms with Gasteiger partial charge in [0.05, 0.1) is 12.1 Å². The van der Waals surface area contributed by atoms with Gasteiger partial charge in [0.15, 0.2) is 0 Å². The number of rotatable bonds is 3. The first-order valence-electron chi connectivity index (χ1n) is 7.28. The largest absolute Gasteiger partial charge is 0.394 e. The van der Waals surface area contributed by atoms with Gasteiger partial charge in [-0.3, -0.25) is 0 Å². The van der Waals surface area contributed by atoms with Gasteiger partial charge in [-0.05, 0) is 36.1 Å². The Kier molecular flexibility index (Phi) is 4.00. The van der Waals surface area contributed by atoms with Crippen molar-refractivity contribution in [2.45, 2.75) is 18.4 Å². The van der Waals surface area contributed by atoms with E-state index in [1.807, 2.05) is 24.3 Å². The van der Waals surface area contributed by atoms with Gasteiger partial charge in [-0.1, -0.05) is 30.3 Å². The summed E-state index contributed by atoms with van der Waals surface area (Å²) in [6.07, 6.45) is 1.24. The Morgan fingerprint density at radius 3 is 2.52 bits per heavy atom. The predicted molar refractivity (Wildman–Crippen MR) is 82.0 cm³/mol. The van der Waals surface area contributed by atoms with Crippen molar-refractivity contribution >= 4 is 11.7 Å². The lowest BCUT2D eigenvalue weighted by Crippen LogP contribution is -2.49. The van der Waals surface area contributed by atoms with E-state index < -0.39 is 28.9 Å². The van der Waals surface area contributed by atoms with Gasteiger partial charge in [-0.2, -0.15) is 0 Å². The van der Waals surface area contributed by atoms with Crippen molar-refractivity contribution in [1.29, 1.82) is 0 Å². The van der Waals surface area contributed by atoms with Gasteiger partial charge in [0.25, 0.3) is 0 Å². The Morgan fingerprint density at radius 2 is 1.83 bits per heavy atom. The molecule has 0 fully saturated rings. The molecule has 1 atom stereocenters. The van der Waals surface area contributed by atoms with Gasteiger partial charge in [-0.15, -0.1) is 0 Å². The van der Waals surface area contributed by atoms with E-state index >= 15 is 0 Å². The van der Waals surface area contributed by atoms with Crippen LogP contribution in [-0.2, 0) is 12.0 Å². The first-order chi connectivity index (χ1) is 11.1. The van der Waals surface area contributed by atoms with E-state index in [-0.39, 0.29) is 6.61 Å². The number of aliphatic hydroxyl groups excluding tert-OH is 1. The van der Waals surface area contributed by atoms with Crippen molar-refractivity contribution in [3.05, 3.63) is 65.2 Å². The third-order valence-electron chi connectivity index (χ3n) is 4.18. The molecule has 120 valence electrons. The summed E-state index contributed by atoms with van der Waals surface area (Å²) in [5.74, 6) is -1.71. The van der Waals surface area contributed by atoms with E-state index in [4.69, 9.17) is 0 Å². The number of nitrogens with one attached hydrogen (secondary N) is 2. The molecule has 1 aliphatic rings. The summed E-state index contributed by atoms with van der Waals surface area (Å²) in [7, 11) is 0. The molecule has 4 nitrogen and oxygen atoms in total. The Labute approximate surface area is 132 Å². The van der Waals surface area contributed by atoms with Crippen LogP contribution in [0, 0.1) is 11.6 Å². The van der Waals surface area contributed by atoms with Crippen molar-refractivity contribution in [3.8, 4) is 0 Å². The molecule has 0 spiro atoms. The molecule has 2 aromatic rings. The van der Waals surface area contributed by atoms with Gasteiger partial charge in [0, 0.05) is 0 Å². The summed E-state index contributed by atoms with van der Waals surface area (Å²) < 4.78 is 27.2. The molecule has 3 rings (SSSR count). The Bertz CT molecular complexity index is 731. The average molecular weight is 318 g/mol. The summed E-state index contributed by atoms with van der Waals surface area (Å²) in [6, 6.07) is 10.1. The fourth-order valence-electron chi connectivity index (χ4n) is 3.00. The van der Waals surface area contributed by atoms with Gasteiger partial charge in [-0.25, -0.2) is 13.6 Å². The maximum absolute atomic E-state index is 13.6. The van der Waals surface area contributed by atoms with E-state index in [0.29, 0.717) is 12.8 Å². The lowest BCUT2D eigenvalue weighted by Gasteiger charge is -2.29. The van der Waals surface area contributed by atoms with Crippen LogP contribution in [0.25, 0.3) is 0 Å². The first-order valence-corrected chi connectivity index (χ1v) is 7.28. The zero-order valence-electron chi connectivity index (χ0n) is 12.3. The van der Waals surface area contributed by atoms with Crippen LogP contribution in [0.4, 0.5) is 19.3 Å². The topological polar surface area (TPSA) is 61.4 Å². The lowest BCUT2D eigenvalue weighted by atomic mass is 9.93. The van der Waals surface area contributed by atoms with Crippen LogP contribution in [0.1, 0.15) is 17.5 Å². The van der Waals surface area contributed by atoms with Crippen molar-refractivity contribution in [1.82, 2.24) is 5.32 Å². The number of aryl methyl sites for hydroxylation is 1. The Balaban J connectivity index is 1.82. The van der Waals surface area contributed by atoms with Gasteiger partial charge < -0.3 is 15.7 Å². The summed E-state index contributed by atoms with van der Waals surface area (Å²) in [5, 5.41) is 14.6. The molecule has 2 amide bonds. The molecular formula is C17H16F2N2O2. The minimum Gasteiger partial charge on any atom is -0.394 e. The number of halogens is 2. The van der Waals surface area contributed by atoms with Crippen LogP contribution in [0.15, 0.2) is 42.5 Å². The zero-order chi connectivity index (χ0) is 16.4. The molecule has 0 saturated carbocycles. The highest BCUT2D eigenvalue weighted by atomic mass is 19.1. The minimum absolute atomic E-state index is 0.294. The standard InChI is InChI=1S/C17H16F2N2O2/c18-13-6-3-7-14(19)15(13)20-16(23)21-17(10-22)9-8-11-4-1-2-5-12(11)17/h1-7,22H,8-10H2,(H2,20,21,23). The monoisotopic (exact) mass is 318 g/mol. The molecule has 0 bridgehead atoms. The number of para-hydroxylation sites is 1. The fraction of sp³-hybridized carbons (Fsp3) is 0.235. The number of carbonyl (C=O) groups excluding carboxylic acids is 1. The highest BCUT2D eigenvalue weighted by molar-refractivity contribution is 5.90. The van der Waals surface area contributed by atoms with Crippen LogP contribution in [0.2, 0.25) is 0 Å². The quantitative estimate of drug-likeness (QED) is 0.815. The highest BCUT2D eigenvalue weighted by Crippen LogP contribution is 2.36. The average Bonchev–Trinajstić information content (AvgIpc) is 2.91. The van der Waals surface area contributed by atoms with Crippen molar-refractivity contribution in [3.63, 3.8) is 0 Å². The number of hydrogen-bond acceptors (Lipinski definition) is 2. The normalized spacial score (nSPS) is 19.3. The number of fused-ring (bicyclic) bond motifs is 1. The van der Waals surface area contributed by atoms with E-state index in [1.54, 1.807) is 0 Å². The second-order valence-corrected chi connectivity index (χ2v) is 5.57. The number of carbonyl (C=O) groups is 1. The molecule has 1 aliphatic carbocycles. The molecular weight excluding hydrogens is 302 g/mol. The minimum atomic E-state index is -0.942. The number of amides is 2. The molecule has 0 aromatic heterocycles. The molecule has 0 radical (unpaired) electrons. The molecule has 23 heavy (non-hydrogen) atoms. The van der Waals surface area contributed by atoms with E-state index in [0.717, 1.165) is 23.3 Å². The molecule has 0 heterocycles. The predicted octanol–water partition coefficient (Wildman–Crippen LogP) is 2.92. The first kappa shape index (κ1) is 15.4. The second-order valence-electron chi connectivity index (χ2n) is 5.57. The molecule has 6 heteroatoms. The summed E-state index contributed by atoms with van der Waals surface area (Å²) in [5.41, 5.74) is 0.414. The number of urea groups is 1. The smallest absolute Gasteiger partial charge is 0.320 e. The zero-order valence-corrected chi connectivity index (χ0v) is 12.3. The highest BCUT2D eigenvalue weighted by Gasteiger charge is 2.39. The van der Waals surface area contributed by atoms with Crippen LogP contribution in [0.5, 0.6) is 0 Å². The number of hydrogen-bond donors (Lipinski definition) is 3. The van der Waals surface area contributed by atoms with Crippen LogP contribution >= 0.6 is 0 Å². The third kappa shape index (κ3) is 2.77. The maximum Gasteiger partial charge on any atom is 0.320 e. The van der Waals surface area contributed by atoms with Crippen LogP contribution < -0.4 is 10.6 Å². The Hall–Kier alpha value is -2.47. The van der Waals surface area contributed by atoms with Gasteiger partial charge >= 0.3 is 6.03 Å². The molecule has 0 aliphatic heterocycles. The van der Waals surface area contributed by atoms with E-state index in [1.165, 1.54) is 6.07 Å². The number of aliphatic hydroxyl groups is 1. The Morgan fingerprint density at radius 1 is 1.13 bits per heavy atom. The summed E-state index contributed by atoms with van der Waals surface area (Å²) in [4.78, 5) is 12.2. The molecule has 0 saturated heterocycles. The summed E-state index contributed by atoms with van der Waals surface area (Å²) >= 11 is 0. The molecule has 2 aromatic carbocycles. The van der Waals surface area contributed by atoms with E-state index in [9.17, 15) is 18.7 Å². The van der Waals surface area contributed by atoms with Crippen LogP contribution in [0.3, 0.4) is 0 Å². The van der Waals surface area contributed by atoms with Crippen molar-refractivity contribution < 1.29 is 18.7 Å². The maximum atomic E-state index is 13.6. The summed E-state index contributed by atoms with van der Waals surface area (Å²) in [6.45, 7) is -0.294.